The highest BCUT2D eigenvalue weighted by Gasteiger charge is 2.17. The van der Waals surface area contributed by atoms with Crippen molar-refractivity contribution < 1.29 is 13.2 Å². The first-order valence-corrected chi connectivity index (χ1v) is 12.1. The van der Waals surface area contributed by atoms with Gasteiger partial charge in [0.1, 0.15) is 5.82 Å². The van der Waals surface area contributed by atoms with Crippen LogP contribution in [0.3, 0.4) is 0 Å². The van der Waals surface area contributed by atoms with Gasteiger partial charge in [0.05, 0.1) is 10.8 Å². The molecule has 0 saturated heterocycles. The van der Waals surface area contributed by atoms with E-state index in [0.717, 1.165) is 0 Å². The molecule has 0 aliphatic carbocycles. The van der Waals surface area contributed by atoms with Crippen LogP contribution in [0.25, 0.3) is 11.4 Å². The molecule has 2 heterocycles. The number of aryl methyl sites for hydroxylation is 3. The van der Waals surface area contributed by atoms with Crippen LogP contribution in [-0.2, 0) is 17.1 Å². The zero-order valence-electron chi connectivity index (χ0n) is 17.9. The fourth-order valence-electron chi connectivity index (χ4n) is 3.06. The number of hydrogen-bond donors (Lipinski definition) is 1. The van der Waals surface area contributed by atoms with Crippen LogP contribution in [0.5, 0.6) is 11.6 Å². The molecule has 0 fully saturated rings. The standard InChI is InChI=1S/C21H22Cl2N4O4S/c1-5-6-32(29,30)26-17-10-18(31-19-12(2)8-15(22)9-16(19)23)25-20(24-17)14-7-13(3)21(28)27(4)11-14/h7-11H,5-6H2,1-4H3,(H,24,25,26). The van der Waals surface area contributed by atoms with Gasteiger partial charge >= 0.3 is 0 Å². The zero-order chi connectivity index (χ0) is 23.6. The predicted octanol–water partition coefficient (Wildman–Crippen LogP) is 4.71. The second kappa shape index (κ2) is 9.48. The number of sulfonamides is 1. The normalized spacial score (nSPS) is 11.4. The van der Waals surface area contributed by atoms with Crippen molar-refractivity contribution >= 4 is 39.0 Å². The molecule has 170 valence electrons. The maximum atomic E-state index is 12.3. The largest absolute Gasteiger partial charge is 0.437 e. The molecule has 0 amide bonds. The molecule has 11 heteroatoms. The molecule has 3 aromatic rings. The topological polar surface area (TPSA) is 103 Å². The second-order valence-corrected chi connectivity index (χ2v) is 9.99. The van der Waals surface area contributed by atoms with E-state index in [1.54, 1.807) is 46.1 Å². The molecule has 0 atom stereocenters. The van der Waals surface area contributed by atoms with E-state index in [4.69, 9.17) is 27.9 Å². The minimum atomic E-state index is -3.61. The van der Waals surface area contributed by atoms with E-state index in [-0.39, 0.29) is 33.9 Å². The Morgan fingerprint density at radius 1 is 1.09 bits per heavy atom. The highest BCUT2D eigenvalue weighted by molar-refractivity contribution is 7.92. The van der Waals surface area contributed by atoms with E-state index in [9.17, 15) is 13.2 Å². The van der Waals surface area contributed by atoms with E-state index in [1.807, 2.05) is 0 Å². The van der Waals surface area contributed by atoms with Crippen molar-refractivity contribution in [3.8, 4) is 23.0 Å². The van der Waals surface area contributed by atoms with Crippen molar-refractivity contribution in [1.29, 1.82) is 0 Å². The Labute approximate surface area is 196 Å². The van der Waals surface area contributed by atoms with Gasteiger partial charge in [-0.15, -0.1) is 0 Å². The van der Waals surface area contributed by atoms with Crippen molar-refractivity contribution in [2.24, 2.45) is 7.05 Å². The number of nitrogens with one attached hydrogen (secondary N) is 1. The Kier molecular flexibility index (Phi) is 7.12. The lowest BCUT2D eigenvalue weighted by Crippen LogP contribution is -2.19. The summed E-state index contributed by atoms with van der Waals surface area (Å²) >= 11 is 12.3. The summed E-state index contributed by atoms with van der Waals surface area (Å²) in [5.41, 5.74) is 1.52. The summed E-state index contributed by atoms with van der Waals surface area (Å²) < 4.78 is 34.4. The number of rotatable bonds is 7. The Bertz CT molecular complexity index is 1290. The number of aromatic nitrogens is 3. The third kappa shape index (κ3) is 5.59. The van der Waals surface area contributed by atoms with Crippen LogP contribution in [0, 0.1) is 13.8 Å². The molecule has 0 radical (unpaired) electrons. The van der Waals surface area contributed by atoms with Crippen molar-refractivity contribution in [3.05, 3.63) is 62.0 Å². The van der Waals surface area contributed by atoms with Crippen molar-refractivity contribution in [3.63, 3.8) is 0 Å². The van der Waals surface area contributed by atoms with Gasteiger partial charge in [0.15, 0.2) is 11.6 Å². The van der Waals surface area contributed by atoms with E-state index in [1.165, 1.54) is 16.7 Å². The van der Waals surface area contributed by atoms with Crippen molar-refractivity contribution in [1.82, 2.24) is 14.5 Å². The molecule has 0 aliphatic rings. The lowest BCUT2D eigenvalue weighted by atomic mass is 10.2. The molecule has 3 rings (SSSR count). The minimum absolute atomic E-state index is 0.0349. The van der Waals surface area contributed by atoms with Gasteiger partial charge in [-0.05, 0) is 44.0 Å². The van der Waals surface area contributed by atoms with Crippen LogP contribution in [0.15, 0.2) is 35.3 Å². The Balaban J connectivity index is 2.14. The maximum Gasteiger partial charge on any atom is 0.253 e. The van der Waals surface area contributed by atoms with E-state index < -0.39 is 10.0 Å². The zero-order valence-corrected chi connectivity index (χ0v) is 20.3. The van der Waals surface area contributed by atoms with Crippen LogP contribution >= 0.6 is 23.2 Å². The molecule has 8 nitrogen and oxygen atoms in total. The first-order chi connectivity index (χ1) is 15.0. The Morgan fingerprint density at radius 3 is 2.44 bits per heavy atom. The van der Waals surface area contributed by atoms with Crippen LogP contribution in [0.2, 0.25) is 10.0 Å². The van der Waals surface area contributed by atoms with Gasteiger partial charge in [0.2, 0.25) is 15.9 Å². The first kappa shape index (κ1) is 24.0. The monoisotopic (exact) mass is 496 g/mol. The lowest BCUT2D eigenvalue weighted by Gasteiger charge is -2.14. The Morgan fingerprint density at radius 2 is 1.81 bits per heavy atom. The van der Waals surface area contributed by atoms with Gasteiger partial charge in [-0.3, -0.25) is 9.52 Å². The van der Waals surface area contributed by atoms with Gasteiger partial charge < -0.3 is 9.30 Å². The van der Waals surface area contributed by atoms with Crippen molar-refractivity contribution in [2.75, 3.05) is 10.5 Å². The molecule has 0 bridgehead atoms. The summed E-state index contributed by atoms with van der Waals surface area (Å²) in [5, 5.41) is 0.734. The van der Waals surface area contributed by atoms with Crippen LogP contribution in [-0.4, -0.2) is 28.7 Å². The number of anilines is 1. The maximum absolute atomic E-state index is 12.3. The van der Waals surface area contributed by atoms with Gasteiger partial charge in [0.25, 0.3) is 5.56 Å². The van der Waals surface area contributed by atoms with Crippen molar-refractivity contribution in [2.45, 2.75) is 27.2 Å². The molecule has 0 spiro atoms. The summed E-state index contributed by atoms with van der Waals surface area (Å²) in [6.45, 7) is 5.21. The van der Waals surface area contributed by atoms with E-state index in [0.29, 0.717) is 33.9 Å². The van der Waals surface area contributed by atoms with Crippen LogP contribution in [0.4, 0.5) is 5.82 Å². The first-order valence-electron chi connectivity index (χ1n) is 9.70. The highest BCUT2D eigenvalue weighted by atomic mass is 35.5. The third-order valence-electron chi connectivity index (χ3n) is 4.46. The van der Waals surface area contributed by atoms with E-state index in [2.05, 4.69) is 14.7 Å². The average molecular weight is 497 g/mol. The predicted molar refractivity (Wildman–Crippen MR) is 126 cm³/mol. The number of hydrogen-bond acceptors (Lipinski definition) is 6. The molecular formula is C21H22Cl2N4O4S. The molecule has 1 N–H and O–H groups in total. The summed E-state index contributed by atoms with van der Waals surface area (Å²) in [5.74, 6) is 0.553. The minimum Gasteiger partial charge on any atom is -0.437 e. The molecular weight excluding hydrogens is 475 g/mol. The van der Waals surface area contributed by atoms with E-state index >= 15 is 0 Å². The second-order valence-electron chi connectivity index (χ2n) is 7.30. The SMILES string of the molecule is CCCS(=O)(=O)Nc1cc(Oc2c(C)cc(Cl)cc2Cl)nc(-c2cc(C)c(=O)n(C)c2)n1. The summed E-state index contributed by atoms with van der Waals surface area (Å²) in [6.07, 6.45) is 2.01. The van der Waals surface area contributed by atoms with Gasteiger partial charge in [-0.2, -0.15) is 4.98 Å². The lowest BCUT2D eigenvalue weighted by molar-refractivity contribution is 0.459. The molecule has 0 aliphatic heterocycles. The number of ether oxygens (including phenoxy) is 1. The number of benzene rings is 1. The fraction of sp³-hybridized carbons (Fsp3) is 0.286. The number of pyridine rings is 1. The molecule has 32 heavy (non-hydrogen) atoms. The summed E-state index contributed by atoms with van der Waals surface area (Å²) in [4.78, 5) is 20.8. The summed E-state index contributed by atoms with van der Waals surface area (Å²) in [6, 6.07) is 6.23. The van der Waals surface area contributed by atoms with Gasteiger partial charge in [-0.25, -0.2) is 13.4 Å². The average Bonchev–Trinajstić information content (AvgIpc) is 2.67. The number of nitrogens with zero attached hydrogens (tertiary/aromatic N) is 3. The quantitative estimate of drug-likeness (QED) is 0.507. The smallest absolute Gasteiger partial charge is 0.253 e. The molecule has 0 saturated carbocycles. The van der Waals surface area contributed by atoms with Crippen LogP contribution < -0.4 is 15.0 Å². The number of halogens is 2. The third-order valence-corrected chi connectivity index (χ3v) is 6.42. The van der Waals surface area contributed by atoms with Crippen LogP contribution in [0.1, 0.15) is 24.5 Å². The summed E-state index contributed by atoms with van der Waals surface area (Å²) in [7, 11) is -2.00. The van der Waals surface area contributed by atoms with Gasteiger partial charge in [-0.1, -0.05) is 30.1 Å². The molecule has 0 unspecified atom stereocenters. The van der Waals surface area contributed by atoms with Gasteiger partial charge in [0, 0.05) is 35.5 Å². The molecule has 1 aromatic carbocycles. The Hall–Kier alpha value is -2.62. The highest BCUT2D eigenvalue weighted by Crippen LogP contribution is 2.35. The fourth-order valence-corrected chi connectivity index (χ4v) is 4.76. The molecule has 2 aromatic heterocycles.